The van der Waals surface area contributed by atoms with E-state index in [0.717, 1.165) is 38.2 Å². The van der Waals surface area contributed by atoms with E-state index in [4.69, 9.17) is 9.97 Å². The van der Waals surface area contributed by atoms with Crippen LogP contribution in [0.15, 0.2) is 73.2 Å². The number of anilines is 1. The second kappa shape index (κ2) is 11.1. The molecule has 0 amide bonds. The maximum Gasteiger partial charge on any atom is 0.129 e. The van der Waals surface area contributed by atoms with Crippen LogP contribution in [0.3, 0.4) is 0 Å². The van der Waals surface area contributed by atoms with E-state index in [-0.39, 0.29) is 12.1 Å². The predicted octanol–water partition coefficient (Wildman–Crippen LogP) is 6.07. The van der Waals surface area contributed by atoms with E-state index < -0.39 is 0 Å². The molecule has 0 radical (unpaired) electrons. The van der Waals surface area contributed by atoms with Gasteiger partial charge in [0.1, 0.15) is 5.82 Å². The van der Waals surface area contributed by atoms with Crippen molar-refractivity contribution in [2.45, 2.75) is 88.6 Å². The van der Waals surface area contributed by atoms with Crippen LogP contribution in [0, 0.1) is 5.92 Å². The summed E-state index contributed by atoms with van der Waals surface area (Å²) >= 11 is 0. The summed E-state index contributed by atoms with van der Waals surface area (Å²) in [7, 11) is 0. The van der Waals surface area contributed by atoms with Gasteiger partial charge in [0.25, 0.3) is 0 Å². The summed E-state index contributed by atoms with van der Waals surface area (Å²) < 4.78 is 0. The number of H-pyrrole nitrogens is 1. The smallest absolute Gasteiger partial charge is 0.129 e. The lowest BCUT2D eigenvalue weighted by Gasteiger charge is -2.44. The molecule has 0 bridgehead atoms. The predicted molar refractivity (Wildman–Crippen MR) is 156 cm³/mol. The molecule has 2 heterocycles. The van der Waals surface area contributed by atoms with Crippen LogP contribution >= 0.6 is 0 Å². The van der Waals surface area contributed by atoms with Crippen LogP contribution in [-0.4, -0.2) is 27.0 Å². The number of allylic oxidation sites excluding steroid dienone is 3. The average molecular weight is 521 g/mol. The summed E-state index contributed by atoms with van der Waals surface area (Å²) in [6.45, 7) is 1.83. The number of hydrogen-bond acceptors (Lipinski definition) is 5. The van der Waals surface area contributed by atoms with E-state index in [1.807, 2.05) is 18.6 Å². The lowest BCUT2D eigenvalue weighted by Crippen LogP contribution is -2.40. The van der Waals surface area contributed by atoms with Crippen molar-refractivity contribution in [3.63, 3.8) is 0 Å². The van der Waals surface area contributed by atoms with Crippen molar-refractivity contribution in [1.82, 2.24) is 25.6 Å². The molecule has 2 aromatic heterocycles. The van der Waals surface area contributed by atoms with Gasteiger partial charge in [0.05, 0.1) is 17.8 Å². The molecule has 7 rings (SSSR count). The molecule has 3 aromatic rings. The molecule has 0 spiro atoms. The maximum atomic E-state index is 5.01. The van der Waals surface area contributed by atoms with Gasteiger partial charge in [-0.05, 0) is 80.2 Å². The summed E-state index contributed by atoms with van der Waals surface area (Å²) in [5.41, 5.74) is 6.68. The van der Waals surface area contributed by atoms with Crippen molar-refractivity contribution in [3.8, 4) is 0 Å². The number of hydrogen-bond donors (Lipinski definition) is 3. The Balaban J connectivity index is 1.35. The number of nitrogens with zero attached hydrogens (tertiary/aromatic N) is 3. The van der Waals surface area contributed by atoms with Crippen LogP contribution < -0.4 is 15.5 Å². The quantitative estimate of drug-likeness (QED) is 0.286. The summed E-state index contributed by atoms with van der Waals surface area (Å²) in [4.78, 5) is 16.1. The highest BCUT2D eigenvalue weighted by molar-refractivity contribution is 5.59. The summed E-state index contributed by atoms with van der Waals surface area (Å²) in [5, 5.41) is 7.56. The highest BCUT2D eigenvalue weighted by Gasteiger charge is 2.38. The summed E-state index contributed by atoms with van der Waals surface area (Å²) in [6.07, 6.45) is 24.5. The molecule has 39 heavy (non-hydrogen) atoms. The van der Waals surface area contributed by atoms with Crippen LogP contribution in [-0.2, 0) is 19.5 Å². The molecule has 3 atom stereocenters. The number of pyridine rings is 1. The van der Waals surface area contributed by atoms with Crippen LogP contribution in [0.25, 0.3) is 0 Å². The zero-order valence-corrected chi connectivity index (χ0v) is 22.7. The van der Waals surface area contributed by atoms with Gasteiger partial charge in [-0.15, -0.1) is 0 Å². The normalized spacial score (nSPS) is 23.0. The van der Waals surface area contributed by atoms with Gasteiger partial charge in [-0.25, -0.2) is 4.98 Å². The Morgan fingerprint density at radius 3 is 2.59 bits per heavy atom. The third-order valence-corrected chi connectivity index (χ3v) is 8.77. The number of aromatic nitrogens is 3. The standard InChI is InChI=1S/C33H40N6/c1-2-6-25(7-3-1)32(33-35-18-19-36-33)39(30-10-4-8-24-9-5-17-34-31(24)30)29-16-11-23(21-37-27-12-13-27)20-26(29)22-38-28-14-15-28/h1-3,5-6,9,11,16-20,25,27-28,30,32,37-38H,4,7-8,10,12-15,21-22H2,(H,35,36). The fourth-order valence-electron chi connectivity index (χ4n) is 6.41. The summed E-state index contributed by atoms with van der Waals surface area (Å²) in [6, 6.07) is 13.2. The lowest BCUT2D eigenvalue weighted by molar-refractivity contribution is 0.390. The molecule has 4 aliphatic carbocycles. The molecule has 1 aromatic carbocycles. The highest BCUT2D eigenvalue weighted by Crippen LogP contribution is 2.46. The van der Waals surface area contributed by atoms with E-state index in [9.17, 15) is 0 Å². The number of aromatic amines is 1. The molecule has 3 unspecified atom stereocenters. The monoisotopic (exact) mass is 520 g/mol. The van der Waals surface area contributed by atoms with Gasteiger partial charge in [-0.1, -0.05) is 42.5 Å². The minimum atomic E-state index is 0.0780. The van der Waals surface area contributed by atoms with Crippen LogP contribution in [0.5, 0.6) is 0 Å². The Morgan fingerprint density at radius 1 is 0.949 bits per heavy atom. The molecule has 6 heteroatoms. The highest BCUT2D eigenvalue weighted by atomic mass is 15.2. The average Bonchev–Trinajstić information content (AvgIpc) is 3.93. The van der Waals surface area contributed by atoms with E-state index in [1.165, 1.54) is 60.2 Å². The Labute approximate surface area is 232 Å². The van der Waals surface area contributed by atoms with Crippen LogP contribution in [0.1, 0.15) is 85.2 Å². The van der Waals surface area contributed by atoms with Gasteiger partial charge in [0.15, 0.2) is 0 Å². The lowest BCUT2D eigenvalue weighted by atomic mass is 9.84. The van der Waals surface area contributed by atoms with E-state index in [0.29, 0.717) is 18.0 Å². The molecule has 3 N–H and O–H groups in total. The molecule has 6 nitrogen and oxygen atoms in total. The Kier molecular flexibility index (Phi) is 7.06. The minimum absolute atomic E-state index is 0.0780. The molecule has 2 saturated carbocycles. The van der Waals surface area contributed by atoms with Gasteiger partial charge >= 0.3 is 0 Å². The Bertz CT molecular complexity index is 1320. The fraction of sp³-hybridized carbons (Fsp3) is 0.455. The number of nitrogens with one attached hydrogen (secondary N) is 3. The number of imidazole rings is 1. The van der Waals surface area contributed by atoms with Crippen molar-refractivity contribution < 1.29 is 0 Å². The number of aryl methyl sites for hydroxylation is 1. The maximum absolute atomic E-state index is 5.01. The Hall–Kier alpha value is -3.22. The molecule has 0 saturated heterocycles. The fourth-order valence-corrected chi connectivity index (χ4v) is 6.41. The zero-order chi connectivity index (χ0) is 26.0. The second-order valence-electron chi connectivity index (χ2n) is 11.8. The largest absolute Gasteiger partial charge is 0.352 e. The van der Waals surface area contributed by atoms with Crippen molar-refractivity contribution in [1.29, 1.82) is 0 Å². The third-order valence-electron chi connectivity index (χ3n) is 8.77. The van der Waals surface area contributed by atoms with Crippen molar-refractivity contribution in [3.05, 3.63) is 101 Å². The molecule has 2 fully saturated rings. The molecular weight excluding hydrogens is 480 g/mol. The van der Waals surface area contributed by atoms with Gasteiger partial charge in [-0.2, -0.15) is 0 Å². The van der Waals surface area contributed by atoms with Crippen LogP contribution in [0.4, 0.5) is 5.69 Å². The number of benzene rings is 1. The van der Waals surface area contributed by atoms with Crippen molar-refractivity contribution in [2.75, 3.05) is 4.90 Å². The van der Waals surface area contributed by atoms with E-state index >= 15 is 0 Å². The first-order valence-corrected chi connectivity index (χ1v) is 15.0. The molecular formula is C33H40N6. The van der Waals surface area contributed by atoms with Crippen LogP contribution in [0.2, 0.25) is 0 Å². The molecule has 0 aliphatic heterocycles. The van der Waals surface area contributed by atoms with Gasteiger partial charge in [0.2, 0.25) is 0 Å². The van der Waals surface area contributed by atoms with Crippen molar-refractivity contribution in [2.24, 2.45) is 5.92 Å². The first-order valence-electron chi connectivity index (χ1n) is 15.0. The third kappa shape index (κ3) is 5.59. The van der Waals surface area contributed by atoms with Gasteiger partial charge in [-0.3, -0.25) is 4.98 Å². The first-order chi connectivity index (χ1) is 19.3. The van der Waals surface area contributed by atoms with Crippen molar-refractivity contribution >= 4 is 5.69 Å². The zero-order valence-electron chi connectivity index (χ0n) is 22.7. The molecule has 202 valence electrons. The van der Waals surface area contributed by atoms with E-state index in [1.54, 1.807) is 0 Å². The molecule has 4 aliphatic rings. The Morgan fingerprint density at radius 2 is 1.82 bits per heavy atom. The topological polar surface area (TPSA) is 68.9 Å². The number of rotatable bonds is 11. The van der Waals surface area contributed by atoms with Gasteiger partial charge < -0.3 is 20.5 Å². The SMILES string of the molecule is C1=CCC(C(c2ncc[nH]2)N(c2ccc(CNC3CC3)cc2CNC2CC2)C2CCCc3cccnc32)C=C1. The van der Waals surface area contributed by atoms with Gasteiger partial charge in [0, 0.05) is 55.4 Å². The van der Waals surface area contributed by atoms with E-state index in [2.05, 4.69) is 75.2 Å². The number of fused-ring (bicyclic) bond motifs is 1. The summed E-state index contributed by atoms with van der Waals surface area (Å²) in [5.74, 6) is 1.35. The first kappa shape index (κ1) is 24.8. The minimum Gasteiger partial charge on any atom is -0.352 e. The second-order valence-corrected chi connectivity index (χ2v) is 11.8.